The normalized spacial score (nSPS) is 10.1. The number of aromatic nitrogens is 1. The van der Waals surface area contributed by atoms with Gasteiger partial charge >= 0.3 is 0 Å². The van der Waals surface area contributed by atoms with Crippen molar-refractivity contribution in [3.8, 4) is 0 Å². The molecule has 1 amide bonds. The fraction of sp³-hybridized carbons (Fsp3) is 0.0769. The molecule has 1 N–H and O–H groups in total. The third-order valence-electron chi connectivity index (χ3n) is 2.56. The quantitative estimate of drug-likeness (QED) is 0.695. The number of rotatable bonds is 3. The van der Waals surface area contributed by atoms with E-state index in [-0.39, 0.29) is 16.3 Å². The van der Waals surface area contributed by atoms with Crippen molar-refractivity contribution >= 4 is 29.0 Å². The van der Waals surface area contributed by atoms with Gasteiger partial charge in [-0.1, -0.05) is 11.6 Å². The lowest BCUT2D eigenvalue weighted by molar-refractivity contribution is -0.384. The Bertz CT molecular complexity index is 688. The van der Waals surface area contributed by atoms with Crippen molar-refractivity contribution in [1.82, 2.24) is 4.98 Å². The molecule has 0 radical (unpaired) electrons. The zero-order valence-electron chi connectivity index (χ0n) is 10.5. The number of hydrogen-bond donors (Lipinski definition) is 1. The van der Waals surface area contributed by atoms with Crippen LogP contribution in [0.3, 0.4) is 0 Å². The van der Waals surface area contributed by atoms with Gasteiger partial charge in [0.1, 0.15) is 10.8 Å². The van der Waals surface area contributed by atoms with Crippen molar-refractivity contribution in [3.05, 3.63) is 62.8 Å². The number of anilines is 1. The molecule has 0 bridgehead atoms. The van der Waals surface area contributed by atoms with E-state index in [4.69, 9.17) is 11.6 Å². The maximum absolute atomic E-state index is 12.0. The summed E-state index contributed by atoms with van der Waals surface area (Å²) in [5.74, 6) is -0.0237. The number of halogens is 1. The van der Waals surface area contributed by atoms with Crippen LogP contribution in [0.1, 0.15) is 15.9 Å². The molecule has 20 heavy (non-hydrogen) atoms. The summed E-state index contributed by atoms with van der Waals surface area (Å²) in [6, 6.07) is 7.31. The highest BCUT2D eigenvalue weighted by atomic mass is 35.5. The smallest absolute Gasteiger partial charge is 0.287 e. The second kappa shape index (κ2) is 5.66. The van der Waals surface area contributed by atoms with Gasteiger partial charge in [0.25, 0.3) is 11.6 Å². The Morgan fingerprint density at radius 2 is 2.10 bits per heavy atom. The molecule has 0 fully saturated rings. The molecule has 0 aliphatic heterocycles. The van der Waals surface area contributed by atoms with Crippen molar-refractivity contribution in [2.24, 2.45) is 0 Å². The number of hydrogen-bond acceptors (Lipinski definition) is 4. The van der Waals surface area contributed by atoms with Gasteiger partial charge in [-0.05, 0) is 36.8 Å². The Balaban J connectivity index is 2.22. The lowest BCUT2D eigenvalue weighted by atomic mass is 10.2. The lowest BCUT2D eigenvalue weighted by Gasteiger charge is -2.05. The standard InChI is InChI=1S/C13H10ClN3O3/c1-8-4-5-15-12(6-8)16-13(18)9-2-3-11(17(19)20)10(14)7-9/h2-7H,1H3,(H,15,16,18). The minimum Gasteiger partial charge on any atom is -0.307 e. The maximum atomic E-state index is 12.0. The number of nitrogens with one attached hydrogen (secondary N) is 1. The minimum absolute atomic E-state index is 0.0835. The molecular weight excluding hydrogens is 282 g/mol. The number of amides is 1. The Morgan fingerprint density at radius 1 is 1.35 bits per heavy atom. The second-order valence-electron chi connectivity index (χ2n) is 4.10. The molecule has 2 aromatic rings. The SMILES string of the molecule is Cc1ccnc(NC(=O)c2ccc([N+](=O)[O-])c(Cl)c2)c1. The molecule has 0 atom stereocenters. The minimum atomic E-state index is -0.605. The number of benzene rings is 1. The third-order valence-corrected chi connectivity index (χ3v) is 2.87. The number of carbonyl (C=O) groups excluding carboxylic acids is 1. The van der Waals surface area contributed by atoms with Gasteiger partial charge in [0.2, 0.25) is 0 Å². The van der Waals surface area contributed by atoms with Gasteiger partial charge in [-0.15, -0.1) is 0 Å². The highest BCUT2D eigenvalue weighted by Crippen LogP contribution is 2.25. The Kier molecular flexibility index (Phi) is 3.95. The predicted molar refractivity (Wildman–Crippen MR) is 75.0 cm³/mol. The summed E-state index contributed by atoms with van der Waals surface area (Å²) in [6.07, 6.45) is 1.58. The number of pyridine rings is 1. The summed E-state index contributed by atoms with van der Waals surface area (Å²) in [7, 11) is 0. The number of nitro groups is 1. The Morgan fingerprint density at radius 3 is 2.70 bits per heavy atom. The number of carbonyl (C=O) groups is 1. The van der Waals surface area contributed by atoms with Gasteiger partial charge in [-0.3, -0.25) is 14.9 Å². The molecule has 7 heteroatoms. The molecule has 0 spiro atoms. The van der Waals surface area contributed by atoms with Crippen LogP contribution < -0.4 is 5.32 Å². The van der Waals surface area contributed by atoms with E-state index in [0.29, 0.717) is 5.82 Å². The van der Waals surface area contributed by atoms with E-state index in [0.717, 1.165) is 5.56 Å². The van der Waals surface area contributed by atoms with Crippen LogP contribution in [-0.2, 0) is 0 Å². The Hall–Kier alpha value is -2.47. The lowest BCUT2D eigenvalue weighted by Crippen LogP contribution is -2.13. The average molecular weight is 292 g/mol. The van der Waals surface area contributed by atoms with E-state index in [2.05, 4.69) is 10.3 Å². The zero-order chi connectivity index (χ0) is 14.7. The molecule has 0 saturated carbocycles. The Labute approximate surface area is 119 Å². The second-order valence-corrected chi connectivity index (χ2v) is 4.50. The van der Waals surface area contributed by atoms with E-state index in [1.54, 1.807) is 18.3 Å². The van der Waals surface area contributed by atoms with Crippen LogP contribution in [0.15, 0.2) is 36.5 Å². The molecule has 6 nitrogen and oxygen atoms in total. The van der Waals surface area contributed by atoms with Gasteiger partial charge in [0.15, 0.2) is 0 Å². The molecule has 1 aromatic heterocycles. The van der Waals surface area contributed by atoms with Gasteiger partial charge in [0, 0.05) is 17.8 Å². The average Bonchev–Trinajstić information content (AvgIpc) is 2.38. The molecule has 102 valence electrons. The van der Waals surface area contributed by atoms with Gasteiger partial charge in [-0.2, -0.15) is 0 Å². The van der Waals surface area contributed by atoms with Crippen LogP contribution in [0, 0.1) is 17.0 Å². The van der Waals surface area contributed by atoms with Crippen molar-refractivity contribution in [1.29, 1.82) is 0 Å². The molecule has 0 saturated heterocycles. The first kappa shape index (κ1) is 14.0. The summed E-state index contributed by atoms with van der Waals surface area (Å²) >= 11 is 5.76. The van der Waals surface area contributed by atoms with Crippen LogP contribution in [0.2, 0.25) is 5.02 Å². The van der Waals surface area contributed by atoms with Gasteiger partial charge in [0.05, 0.1) is 4.92 Å². The topological polar surface area (TPSA) is 85.1 Å². The van der Waals surface area contributed by atoms with Crippen molar-refractivity contribution in [2.45, 2.75) is 6.92 Å². The van der Waals surface area contributed by atoms with Crippen LogP contribution >= 0.6 is 11.6 Å². The number of aryl methyl sites for hydroxylation is 1. The van der Waals surface area contributed by atoms with E-state index in [1.165, 1.54) is 18.2 Å². The summed E-state index contributed by atoms with van der Waals surface area (Å²) in [6.45, 7) is 1.88. The van der Waals surface area contributed by atoms with Crippen molar-refractivity contribution in [2.75, 3.05) is 5.32 Å². The maximum Gasteiger partial charge on any atom is 0.287 e. The predicted octanol–water partition coefficient (Wildman–Crippen LogP) is 3.20. The number of nitrogens with zero attached hydrogens (tertiary/aromatic N) is 2. The molecule has 1 heterocycles. The highest BCUT2D eigenvalue weighted by molar-refractivity contribution is 6.33. The fourth-order valence-corrected chi connectivity index (χ4v) is 1.84. The van der Waals surface area contributed by atoms with E-state index in [9.17, 15) is 14.9 Å². The zero-order valence-corrected chi connectivity index (χ0v) is 11.2. The largest absolute Gasteiger partial charge is 0.307 e. The first-order valence-electron chi connectivity index (χ1n) is 5.65. The van der Waals surface area contributed by atoms with Crippen LogP contribution in [-0.4, -0.2) is 15.8 Å². The van der Waals surface area contributed by atoms with E-state index < -0.39 is 10.8 Å². The monoisotopic (exact) mass is 291 g/mol. The summed E-state index contributed by atoms with van der Waals surface area (Å²) in [5.41, 5.74) is 0.942. The molecule has 0 unspecified atom stereocenters. The van der Waals surface area contributed by atoms with Gasteiger partial charge < -0.3 is 5.32 Å². The summed E-state index contributed by atoms with van der Waals surface area (Å²) in [5, 5.41) is 13.2. The van der Waals surface area contributed by atoms with Crippen molar-refractivity contribution in [3.63, 3.8) is 0 Å². The molecule has 1 aromatic carbocycles. The van der Waals surface area contributed by atoms with Crippen molar-refractivity contribution < 1.29 is 9.72 Å². The van der Waals surface area contributed by atoms with Crippen LogP contribution in [0.4, 0.5) is 11.5 Å². The number of nitro benzene ring substituents is 1. The first-order chi connectivity index (χ1) is 9.47. The molecule has 2 rings (SSSR count). The first-order valence-corrected chi connectivity index (χ1v) is 6.03. The molecular formula is C13H10ClN3O3. The third kappa shape index (κ3) is 3.10. The molecule has 0 aliphatic rings. The van der Waals surface area contributed by atoms with Gasteiger partial charge in [-0.25, -0.2) is 4.98 Å². The summed E-state index contributed by atoms with van der Waals surface area (Å²) in [4.78, 5) is 26.0. The van der Waals surface area contributed by atoms with Crippen LogP contribution in [0.25, 0.3) is 0 Å². The van der Waals surface area contributed by atoms with E-state index in [1.807, 2.05) is 6.92 Å². The van der Waals surface area contributed by atoms with E-state index >= 15 is 0 Å². The fourth-order valence-electron chi connectivity index (χ4n) is 1.59. The highest BCUT2D eigenvalue weighted by Gasteiger charge is 2.15. The van der Waals surface area contributed by atoms with Crippen LogP contribution in [0.5, 0.6) is 0 Å². The summed E-state index contributed by atoms with van der Waals surface area (Å²) < 4.78 is 0. The molecule has 0 aliphatic carbocycles.